The number of aryl methyl sites for hydroxylation is 1. The Morgan fingerprint density at radius 3 is 1.88 bits per heavy atom. The van der Waals surface area contributed by atoms with E-state index in [0.29, 0.717) is 11.3 Å². The van der Waals surface area contributed by atoms with E-state index in [9.17, 15) is 14.4 Å². The van der Waals surface area contributed by atoms with Crippen LogP contribution in [0.25, 0.3) is 0 Å². The van der Waals surface area contributed by atoms with Crippen molar-refractivity contribution in [2.45, 2.75) is 6.92 Å². The van der Waals surface area contributed by atoms with Crippen LogP contribution < -0.4 is 10.1 Å². The molecule has 0 aliphatic heterocycles. The lowest BCUT2D eigenvalue weighted by atomic mass is 10.0. The highest BCUT2D eigenvalue weighted by Gasteiger charge is 2.23. The predicted octanol–water partition coefficient (Wildman–Crippen LogP) is 3.18. The normalized spacial score (nSPS) is 9.88. The van der Waals surface area contributed by atoms with Crippen LogP contribution in [0.1, 0.15) is 26.3 Å². The minimum Gasteiger partial charge on any atom is -0.465 e. The van der Waals surface area contributed by atoms with E-state index in [4.69, 9.17) is 14.2 Å². The smallest absolute Gasteiger partial charge is 0.417 e. The molecule has 1 N–H and O–H groups in total. The predicted molar refractivity (Wildman–Crippen MR) is 89.9 cm³/mol. The number of esters is 2. The summed E-state index contributed by atoms with van der Waals surface area (Å²) in [5.41, 5.74) is 0.633. The number of nitrogens with one attached hydrogen (secondary N) is 1. The lowest BCUT2D eigenvalue weighted by molar-refractivity contribution is 0.0601. The van der Waals surface area contributed by atoms with Gasteiger partial charge in [-0.1, -0.05) is 18.2 Å². The Hall–Kier alpha value is -3.35. The van der Waals surface area contributed by atoms with Crippen molar-refractivity contribution in [3.63, 3.8) is 0 Å². The molecule has 1 amide bonds. The van der Waals surface area contributed by atoms with Gasteiger partial charge in [-0.25, -0.2) is 14.4 Å². The maximum absolute atomic E-state index is 12.2. The summed E-state index contributed by atoms with van der Waals surface area (Å²) in [6, 6.07) is 11.4. The van der Waals surface area contributed by atoms with Crippen molar-refractivity contribution >= 4 is 23.7 Å². The molecule has 0 aromatic heterocycles. The largest absolute Gasteiger partial charge is 0.465 e. The van der Waals surface area contributed by atoms with Gasteiger partial charge in [0.25, 0.3) is 0 Å². The van der Waals surface area contributed by atoms with Crippen LogP contribution in [-0.2, 0) is 9.47 Å². The standard InChI is InChI=1S/C18H17NO6/c1-11-9-13(16(20)23-2)15(14(10-11)17(21)24-3)19-18(22)25-12-7-5-4-6-8-12/h4-10H,1-3H3,(H,19,22). The number of ether oxygens (including phenoxy) is 3. The van der Waals surface area contributed by atoms with Crippen molar-refractivity contribution in [3.8, 4) is 5.75 Å². The van der Waals surface area contributed by atoms with E-state index in [-0.39, 0.29) is 16.8 Å². The monoisotopic (exact) mass is 343 g/mol. The van der Waals surface area contributed by atoms with Crippen molar-refractivity contribution < 1.29 is 28.6 Å². The lowest BCUT2D eigenvalue weighted by Gasteiger charge is -2.15. The van der Waals surface area contributed by atoms with Gasteiger partial charge in [0.1, 0.15) is 5.75 Å². The summed E-state index contributed by atoms with van der Waals surface area (Å²) < 4.78 is 14.6. The van der Waals surface area contributed by atoms with Gasteiger partial charge in [-0.3, -0.25) is 5.32 Å². The lowest BCUT2D eigenvalue weighted by Crippen LogP contribution is -2.22. The second kappa shape index (κ2) is 7.96. The molecule has 2 rings (SSSR count). The number of methoxy groups -OCH3 is 2. The van der Waals surface area contributed by atoms with Crippen LogP contribution in [0.3, 0.4) is 0 Å². The van der Waals surface area contributed by atoms with Crippen LogP contribution in [0.5, 0.6) is 5.75 Å². The number of carbonyl (C=O) groups is 3. The molecule has 0 aliphatic rings. The number of anilines is 1. The molecule has 0 heterocycles. The Morgan fingerprint density at radius 2 is 1.40 bits per heavy atom. The molecule has 0 saturated carbocycles. The molecule has 0 atom stereocenters. The Kier molecular flexibility index (Phi) is 5.73. The molecule has 25 heavy (non-hydrogen) atoms. The van der Waals surface area contributed by atoms with Crippen LogP contribution in [-0.4, -0.2) is 32.3 Å². The third-order valence-electron chi connectivity index (χ3n) is 3.27. The average molecular weight is 343 g/mol. The second-order valence-electron chi connectivity index (χ2n) is 5.05. The first-order valence-corrected chi connectivity index (χ1v) is 7.31. The molecule has 0 aliphatic carbocycles. The van der Waals surface area contributed by atoms with E-state index < -0.39 is 18.0 Å². The Balaban J connectivity index is 2.41. The summed E-state index contributed by atoms with van der Waals surface area (Å²) in [5, 5.41) is 2.42. The number of rotatable bonds is 4. The number of hydrogen-bond donors (Lipinski definition) is 1. The van der Waals surface area contributed by atoms with Gasteiger partial charge in [0, 0.05) is 0 Å². The number of para-hydroxylation sites is 1. The Labute approximate surface area is 144 Å². The van der Waals surface area contributed by atoms with Gasteiger partial charge in [-0.15, -0.1) is 0 Å². The third-order valence-corrected chi connectivity index (χ3v) is 3.27. The number of benzene rings is 2. The molecular weight excluding hydrogens is 326 g/mol. The van der Waals surface area contributed by atoms with Crippen LogP contribution in [0.4, 0.5) is 10.5 Å². The second-order valence-corrected chi connectivity index (χ2v) is 5.05. The van der Waals surface area contributed by atoms with E-state index in [1.165, 1.54) is 26.4 Å². The first-order valence-electron chi connectivity index (χ1n) is 7.31. The zero-order valence-corrected chi connectivity index (χ0v) is 14.0. The van der Waals surface area contributed by atoms with Crippen molar-refractivity contribution in [2.75, 3.05) is 19.5 Å². The van der Waals surface area contributed by atoms with Gasteiger partial charge in [0.15, 0.2) is 0 Å². The summed E-state index contributed by atoms with van der Waals surface area (Å²) in [4.78, 5) is 36.2. The van der Waals surface area contributed by atoms with E-state index in [2.05, 4.69) is 5.32 Å². The molecule has 2 aromatic rings. The highest BCUT2D eigenvalue weighted by molar-refractivity contribution is 6.08. The van der Waals surface area contributed by atoms with Crippen molar-refractivity contribution in [3.05, 3.63) is 59.2 Å². The van der Waals surface area contributed by atoms with Crippen LogP contribution in [0.15, 0.2) is 42.5 Å². The van der Waals surface area contributed by atoms with E-state index in [0.717, 1.165) is 0 Å². The molecule has 0 saturated heterocycles. The molecule has 0 radical (unpaired) electrons. The fourth-order valence-electron chi connectivity index (χ4n) is 2.19. The van der Waals surface area contributed by atoms with Crippen molar-refractivity contribution in [2.24, 2.45) is 0 Å². The van der Waals surface area contributed by atoms with Gasteiger partial charge >= 0.3 is 18.0 Å². The molecule has 0 bridgehead atoms. The van der Waals surface area contributed by atoms with Gasteiger partial charge in [0.2, 0.25) is 0 Å². The van der Waals surface area contributed by atoms with E-state index in [1.807, 2.05) is 0 Å². The topological polar surface area (TPSA) is 90.9 Å². The summed E-state index contributed by atoms with van der Waals surface area (Å²) in [7, 11) is 2.41. The number of amides is 1. The zero-order valence-electron chi connectivity index (χ0n) is 14.0. The Bertz CT molecular complexity index is 763. The van der Waals surface area contributed by atoms with Crippen LogP contribution >= 0.6 is 0 Å². The first-order chi connectivity index (χ1) is 12.0. The third kappa shape index (κ3) is 4.35. The number of carbonyl (C=O) groups excluding carboxylic acids is 3. The maximum Gasteiger partial charge on any atom is 0.417 e. The number of hydrogen-bond acceptors (Lipinski definition) is 6. The van der Waals surface area contributed by atoms with Gasteiger partial charge in [-0.2, -0.15) is 0 Å². The molecule has 7 heteroatoms. The average Bonchev–Trinajstić information content (AvgIpc) is 2.62. The fraction of sp³-hybridized carbons (Fsp3) is 0.167. The maximum atomic E-state index is 12.2. The molecule has 2 aromatic carbocycles. The van der Waals surface area contributed by atoms with Crippen LogP contribution in [0.2, 0.25) is 0 Å². The zero-order chi connectivity index (χ0) is 18.4. The first kappa shape index (κ1) is 18.0. The minimum absolute atomic E-state index is 0.0212. The molecule has 7 nitrogen and oxygen atoms in total. The molecule has 0 spiro atoms. The summed E-state index contributed by atoms with van der Waals surface area (Å²) in [5.74, 6) is -1.10. The molecule has 0 unspecified atom stereocenters. The van der Waals surface area contributed by atoms with Crippen molar-refractivity contribution in [1.29, 1.82) is 0 Å². The minimum atomic E-state index is -0.856. The van der Waals surface area contributed by atoms with E-state index >= 15 is 0 Å². The van der Waals surface area contributed by atoms with Crippen molar-refractivity contribution in [1.82, 2.24) is 0 Å². The van der Waals surface area contributed by atoms with E-state index in [1.54, 1.807) is 37.3 Å². The summed E-state index contributed by atoms with van der Waals surface area (Å²) in [6.07, 6.45) is -0.856. The van der Waals surface area contributed by atoms with Gasteiger partial charge < -0.3 is 14.2 Å². The highest BCUT2D eigenvalue weighted by Crippen LogP contribution is 2.26. The highest BCUT2D eigenvalue weighted by atomic mass is 16.6. The van der Waals surface area contributed by atoms with Crippen LogP contribution in [0, 0.1) is 6.92 Å². The molecular formula is C18H17NO6. The Morgan fingerprint density at radius 1 is 0.880 bits per heavy atom. The quantitative estimate of drug-likeness (QED) is 0.858. The summed E-state index contributed by atoms with van der Waals surface area (Å²) >= 11 is 0. The fourth-order valence-corrected chi connectivity index (χ4v) is 2.19. The van der Waals surface area contributed by atoms with Gasteiger partial charge in [-0.05, 0) is 36.8 Å². The molecule has 0 fully saturated rings. The summed E-state index contributed by atoms with van der Waals surface area (Å²) in [6.45, 7) is 1.70. The van der Waals surface area contributed by atoms with Gasteiger partial charge in [0.05, 0.1) is 31.0 Å². The molecule has 130 valence electrons. The SMILES string of the molecule is COC(=O)c1cc(C)cc(C(=O)OC)c1NC(=O)Oc1ccccc1.